The van der Waals surface area contributed by atoms with Crippen molar-refractivity contribution in [3.05, 3.63) is 58.1 Å². The number of benzene rings is 2. The summed E-state index contributed by atoms with van der Waals surface area (Å²) in [5.41, 5.74) is 6.22. The van der Waals surface area contributed by atoms with Crippen LogP contribution in [0.1, 0.15) is 16.7 Å². The highest BCUT2D eigenvalue weighted by atomic mass is 35.5. The third-order valence-electron chi connectivity index (χ3n) is 3.11. The van der Waals surface area contributed by atoms with Crippen LogP contribution in [0.5, 0.6) is 0 Å². The van der Waals surface area contributed by atoms with E-state index in [2.05, 4.69) is 49.5 Å². The number of aryl methyl sites for hydroxylation is 2. The number of nitrogens with one attached hydrogen (secondary N) is 1. The standard InChI is InChI=1S/C16H18ClN/c1-11-4-6-15(12(2)8-11)13-5-7-16(17)14(9-13)10-18-3/h4-9,18H,10H2,1-3H3. The van der Waals surface area contributed by atoms with Gasteiger partial charge in [0.2, 0.25) is 0 Å². The molecule has 94 valence electrons. The van der Waals surface area contributed by atoms with Gasteiger partial charge in [0.15, 0.2) is 0 Å². The lowest BCUT2D eigenvalue weighted by molar-refractivity contribution is 0.818. The van der Waals surface area contributed by atoms with Gasteiger partial charge in [-0.1, -0.05) is 41.4 Å². The first-order valence-electron chi connectivity index (χ1n) is 6.12. The molecule has 0 bridgehead atoms. The maximum Gasteiger partial charge on any atom is 0.0451 e. The average molecular weight is 260 g/mol. The minimum atomic E-state index is 0.789. The van der Waals surface area contributed by atoms with Crippen LogP contribution in [-0.4, -0.2) is 7.05 Å². The molecule has 0 unspecified atom stereocenters. The van der Waals surface area contributed by atoms with E-state index in [0.717, 1.165) is 17.1 Å². The van der Waals surface area contributed by atoms with Crippen molar-refractivity contribution < 1.29 is 0 Å². The Kier molecular flexibility index (Phi) is 4.05. The van der Waals surface area contributed by atoms with E-state index in [9.17, 15) is 0 Å². The molecule has 2 heteroatoms. The number of halogens is 1. The fraction of sp³-hybridized carbons (Fsp3) is 0.250. The van der Waals surface area contributed by atoms with Crippen LogP contribution in [0.3, 0.4) is 0 Å². The van der Waals surface area contributed by atoms with Gasteiger partial charge in [-0.2, -0.15) is 0 Å². The fourth-order valence-electron chi connectivity index (χ4n) is 2.21. The topological polar surface area (TPSA) is 12.0 Å². The first-order chi connectivity index (χ1) is 8.61. The lowest BCUT2D eigenvalue weighted by atomic mass is 9.97. The molecule has 0 radical (unpaired) electrons. The summed E-state index contributed by atoms with van der Waals surface area (Å²) in [6, 6.07) is 12.8. The van der Waals surface area contributed by atoms with Gasteiger partial charge in [-0.25, -0.2) is 0 Å². The van der Waals surface area contributed by atoms with E-state index in [1.165, 1.54) is 22.3 Å². The van der Waals surface area contributed by atoms with E-state index in [1.807, 2.05) is 13.1 Å². The minimum Gasteiger partial charge on any atom is -0.316 e. The first kappa shape index (κ1) is 13.1. The van der Waals surface area contributed by atoms with Crippen LogP contribution >= 0.6 is 11.6 Å². The Morgan fingerprint density at radius 1 is 1.06 bits per heavy atom. The van der Waals surface area contributed by atoms with Gasteiger partial charge in [0.05, 0.1) is 0 Å². The van der Waals surface area contributed by atoms with Gasteiger partial charge in [0.25, 0.3) is 0 Å². The highest BCUT2D eigenvalue weighted by molar-refractivity contribution is 6.31. The third kappa shape index (κ3) is 2.74. The Morgan fingerprint density at radius 3 is 2.50 bits per heavy atom. The van der Waals surface area contributed by atoms with Gasteiger partial charge in [-0.15, -0.1) is 0 Å². The molecule has 0 atom stereocenters. The van der Waals surface area contributed by atoms with Crippen molar-refractivity contribution in [2.24, 2.45) is 0 Å². The average Bonchev–Trinajstić information content (AvgIpc) is 2.33. The Morgan fingerprint density at radius 2 is 1.83 bits per heavy atom. The zero-order valence-corrected chi connectivity index (χ0v) is 11.8. The molecule has 18 heavy (non-hydrogen) atoms. The molecule has 0 saturated carbocycles. The van der Waals surface area contributed by atoms with Gasteiger partial charge < -0.3 is 5.32 Å². The second-order valence-electron chi connectivity index (χ2n) is 4.65. The lowest BCUT2D eigenvalue weighted by Gasteiger charge is -2.10. The van der Waals surface area contributed by atoms with E-state index < -0.39 is 0 Å². The fourth-order valence-corrected chi connectivity index (χ4v) is 2.39. The number of hydrogen-bond donors (Lipinski definition) is 1. The maximum atomic E-state index is 6.19. The predicted molar refractivity (Wildman–Crippen MR) is 79.1 cm³/mol. The van der Waals surface area contributed by atoms with Crippen LogP contribution in [0.15, 0.2) is 36.4 Å². The zero-order valence-electron chi connectivity index (χ0n) is 11.0. The first-order valence-corrected chi connectivity index (χ1v) is 6.50. The van der Waals surface area contributed by atoms with Gasteiger partial charge in [0, 0.05) is 11.6 Å². The second kappa shape index (κ2) is 5.55. The second-order valence-corrected chi connectivity index (χ2v) is 5.06. The van der Waals surface area contributed by atoms with Crippen molar-refractivity contribution in [1.29, 1.82) is 0 Å². The van der Waals surface area contributed by atoms with Crippen LogP contribution in [-0.2, 0) is 6.54 Å². The summed E-state index contributed by atoms with van der Waals surface area (Å²) in [6.45, 7) is 5.05. The molecule has 0 heterocycles. The molecule has 0 fully saturated rings. The summed E-state index contributed by atoms with van der Waals surface area (Å²) in [4.78, 5) is 0. The van der Waals surface area contributed by atoms with Crippen LogP contribution in [0.4, 0.5) is 0 Å². The van der Waals surface area contributed by atoms with Crippen molar-refractivity contribution in [2.75, 3.05) is 7.05 Å². The summed E-state index contributed by atoms with van der Waals surface area (Å²) >= 11 is 6.19. The van der Waals surface area contributed by atoms with Crippen molar-refractivity contribution in [2.45, 2.75) is 20.4 Å². The lowest BCUT2D eigenvalue weighted by Crippen LogP contribution is -2.05. The van der Waals surface area contributed by atoms with E-state index >= 15 is 0 Å². The van der Waals surface area contributed by atoms with Crippen molar-refractivity contribution >= 4 is 11.6 Å². The molecule has 0 aliphatic rings. The van der Waals surface area contributed by atoms with Crippen molar-refractivity contribution in [1.82, 2.24) is 5.32 Å². The largest absolute Gasteiger partial charge is 0.316 e. The molecule has 2 rings (SSSR count). The Bertz CT molecular complexity index is 561. The molecule has 0 saturated heterocycles. The Hall–Kier alpha value is -1.31. The van der Waals surface area contributed by atoms with Gasteiger partial charge in [0.1, 0.15) is 0 Å². The highest BCUT2D eigenvalue weighted by Gasteiger charge is 2.05. The maximum absolute atomic E-state index is 6.19. The van der Waals surface area contributed by atoms with Crippen LogP contribution in [0.2, 0.25) is 5.02 Å². The van der Waals surface area contributed by atoms with Crippen molar-refractivity contribution in [3.63, 3.8) is 0 Å². The molecular weight excluding hydrogens is 242 g/mol. The monoisotopic (exact) mass is 259 g/mol. The van der Waals surface area contributed by atoms with Gasteiger partial charge in [-0.3, -0.25) is 0 Å². The predicted octanol–water partition coefficient (Wildman–Crippen LogP) is 4.34. The molecule has 0 amide bonds. The van der Waals surface area contributed by atoms with Crippen molar-refractivity contribution in [3.8, 4) is 11.1 Å². The summed E-state index contributed by atoms with van der Waals surface area (Å²) in [6.07, 6.45) is 0. The van der Waals surface area contributed by atoms with Crippen LogP contribution in [0, 0.1) is 13.8 Å². The molecule has 1 N–H and O–H groups in total. The quantitative estimate of drug-likeness (QED) is 0.865. The molecular formula is C16H18ClN. The molecule has 2 aromatic rings. The number of rotatable bonds is 3. The molecule has 0 aliphatic carbocycles. The molecule has 1 nitrogen and oxygen atoms in total. The van der Waals surface area contributed by atoms with E-state index in [-0.39, 0.29) is 0 Å². The highest BCUT2D eigenvalue weighted by Crippen LogP contribution is 2.28. The third-order valence-corrected chi connectivity index (χ3v) is 3.47. The van der Waals surface area contributed by atoms with E-state index in [0.29, 0.717) is 0 Å². The SMILES string of the molecule is CNCc1cc(-c2ccc(C)cc2C)ccc1Cl. The van der Waals surface area contributed by atoms with Crippen LogP contribution in [0.25, 0.3) is 11.1 Å². The summed E-state index contributed by atoms with van der Waals surface area (Å²) in [7, 11) is 1.93. The van der Waals surface area contributed by atoms with E-state index in [4.69, 9.17) is 11.6 Å². The minimum absolute atomic E-state index is 0.789. The zero-order chi connectivity index (χ0) is 13.1. The molecule has 0 aromatic heterocycles. The molecule has 0 spiro atoms. The summed E-state index contributed by atoms with van der Waals surface area (Å²) in [5, 5.41) is 3.96. The summed E-state index contributed by atoms with van der Waals surface area (Å²) in [5.74, 6) is 0. The normalized spacial score (nSPS) is 10.7. The van der Waals surface area contributed by atoms with Crippen LogP contribution < -0.4 is 5.32 Å². The van der Waals surface area contributed by atoms with E-state index in [1.54, 1.807) is 0 Å². The molecule has 0 aliphatic heterocycles. The Labute approximate surface area is 114 Å². The molecule has 2 aromatic carbocycles. The number of hydrogen-bond acceptors (Lipinski definition) is 1. The smallest absolute Gasteiger partial charge is 0.0451 e. The van der Waals surface area contributed by atoms with Gasteiger partial charge >= 0.3 is 0 Å². The summed E-state index contributed by atoms with van der Waals surface area (Å²) < 4.78 is 0. The van der Waals surface area contributed by atoms with Gasteiger partial charge in [-0.05, 0) is 55.3 Å². The Balaban J connectivity index is 2.47.